The number of hydrogen-bond acceptors (Lipinski definition) is 5. The zero-order valence-corrected chi connectivity index (χ0v) is 19.9. The molecule has 2 aliphatic heterocycles. The SMILES string of the molecule is COc1ccc2c(c1)c(/C=C1\Oc3c(ccc4c3CN(C(C)c3ccccc3)CO4)C1=O)cn2C. The Bertz CT molecular complexity index is 1490. The van der Waals surface area contributed by atoms with Crippen molar-refractivity contribution in [2.45, 2.75) is 19.5 Å². The van der Waals surface area contributed by atoms with Crippen molar-refractivity contribution in [3.63, 3.8) is 0 Å². The highest BCUT2D eigenvalue weighted by atomic mass is 16.5. The first kappa shape index (κ1) is 21.5. The van der Waals surface area contributed by atoms with Gasteiger partial charge in [0, 0.05) is 42.3 Å². The molecule has 6 heteroatoms. The molecule has 4 aromatic rings. The minimum Gasteiger partial charge on any atom is -0.497 e. The number of allylic oxidation sites excluding steroid dienone is 1. The molecule has 0 amide bonds. The Morgan fingerprint density at radius 3 is 2.71 bits per heavy atom. The molecule has 6 nitrogen and oxygen atoms in total. The van der Waals surface area contributed by atoms with E-state index >= 15 is 0 Å². The number of ketones is 1. The lowest BCUT2D eigenvalue weighted by Crippen LogP contribution is -2.34. The average Bonchev–Trinajstić information content (AvgIpc) is 3.39. The van der Waals surface area contributed by atoms with Crippen molar-refractivity contribution in [2.24, 2.45) is 7.05 Å². The molecule has 0 spiro atoms. The summed E-state index contributed by atoms with van der Waals surface area (Å²) in [5, 5.41) is 1.000. The van der Waals surface area contributed by atoms with E-state index in [0.717, 1.165) is 33.5 Å². The van der Waals surface area contributed by atoms with E-state index in [1.807, 2.05) is 66.4 Å². The van der Waals surface area contributed by atoms with Gasteiger partial charge in [0.15, 0.2) is 5.76 Å². The largest absolute Gasteiger partial charge is 0.497 e. The molecule has 176 valence electrons. The molecular formula is C29H26N2O4. The van der Waals surface area contributed by atoms with Crippen LogP contribution in [0.4, 0.5) is 0 Å². The van der Waals surface area contributed by atoms with Gasteiger partial charge < -0.3 is 18.8 Å². The van der Waals surface area contributed by atoms with Gasteiger partial charge in [0.05, 0.1) is 18.2 Å². The Hall–Kier alpha value is -4.03. The topological polar surface area (TPSA) is 52.9 Å². The van der Waals surface area contributed by atoms with Crippen LogP contribution >= 0.6 is 0 Å². The zero-order valence-electron chi connectivity index (χ0n) is 19.9. The number of ether oxygens (including phenoxy) is 3. The third-order valence-corrected chi connectivity index (χ3v) is 6.99. The van der Waals surface area contributed by atoms with E-state index in [0.29, 0.717) is 30.3 Å². The summed E-state index contributed by atoms with van der Waals surface area (Å²) < 4.78 is 19.8. The smallest absolute Gasteiger partial charge is 0.231 e. The molecule has 0 fully saturated rings. The van der Waals surface area contributed by atoms with Gasteiger partial charge in [-0.25, -0.2) is 0 Å². The average molecular weight is 467 g/mol. The maximum absolute atomic E-state index is 13.3. The molecule has 1 aromatic heterocycles. The van der Waals surface area contributed by atoms with Crippen molar-refractivity contribution >= 4 is 22.8 Å². The van der Waals surface area contributed by atoms with Crippen molar-refractivity contribution in [1.82, 2.24) is 9.47 Å². The predicted octanol–water partition coefficient (Wildman–Crippen LogP) is 5.72. The summed E-state index contributed by atoms with van der Waals surface area (Å²) >= 11 is 0. The van der Waals surface area contributed by atoms with Crippen LogP contribution in [0.2, 0.25) is 0 Å². The molecule has 0 saturated heterocycles. The molecule has 6 rings (SSSR count). The number of nitrogens with zero attached hydrogens (tertiary/aromatic N) is 2. The third kappa shape index (κ3) is 3.58. The molecule has 0 bridgehead atoms. The Labute approximate surface area is 203 Å². The van der Waals surface area contributed by atoms with E-state index < -0.39 is 0 Å². The van der Waals surface area contributed by atoms with Crippen LogP contribution in [0.15, 0.2) is 72.6 Å². The van der Waals surface area contributed by atoms with Crippen molar-refractivity contribution in [2.75, 3.05) is 13.8 Å². The van der Waals surface area contributed by atoms with E-state index in [-0.39, 0.29) is 11.8 Å². The first-order valence-corrected chi connectivity index (χ1v) is 11.7. The Morgan fingerprint density at radius 1 is 1.09 bits per heavy atom. The number of methoxy groups -OCH3 is 1. The molecule has 0 N–H and O–H groups in total. The fraction of sp³-hybridized carbons (Fsp3) is 0.207. The number of aryl methyl sites for hydroxylation is 1. The second-order valence-corrected chi connectivity index (χ2v) is 9.04. The van der Waals surface area contributed by atoms with E-state index in [1.165, 1.54) is 5.56 Å². The molecule has 3 heterocycles. The Morgan fingerprint density at radius 2 is 1.91 bits per heavy atom. The van der Waals surface area contributed by atoms with Crippen LogP contribution in [0.5, 0.6) is 17.2 Å². The fourth-order valence-corrected chi connectivity index (χ4v) is 4.95. The summed E-state index contributed by atoms with van der Waals surface area (Å²) in [5.74, 6) is 2.34. The Balaban J connectivity index is 1.35. The summed E-state index contributed by atoms with van der Waals surface area (Å²) in [5.41, 5.74) is 4.66. The summed E-state index contributed by atoms with van der Waals surface area (Å²) in [6.45, 7) is 3.29. The standard InChI is InChI=1S/C29H26N2O4/c1-18(19-7-5-4-6-8-19)31-16-24-26(34-17-31)12-10-22-28(32)27(35-29(22)24)13-20-15-30(2)25-11-9-21(33-3)14-23(20)25/h4-15,18H,16-17H2,1-3H3/b27-13-. The lowest BCUT2D eigenvalue weighted by atomic mass is 10.0. The molecule has 0 saturated carbocycles. The van der Waals surface area contributed by atoms with E-state index in [9.17, 15) is 4.79 Å². The van der Waals surface area contributed by atoms with Gasteiger partial charge in [-0.1, -0.05) is 30.3 Å². The van der Waals surface area contributed by atoms with Crippen LogP contribution in [0.25, 0.3) is 17.0 Å². The first-order valence-electron chi connectivity index (χ1n) is 11.7. The minimum absolute atomic E-state index is 0.115. The highest BCUT2D eigenvalue weighted by Gasteiger charge is 2.34. The van der Waals surface area contributed by atoms with Crippen molar-refractivity contribution in [1.29, 1.82) is 0 Å². The van der Waals surface area contributed by atoms with Crippen LogP contribution in [-0.4, -0.2) is 29.1 Å². The number of carbonyl (C=O) groups excluding carboxylic acids is 1. The molecule has 3 aromatic carbocycles. The second kappa shape index (κ2) is 8.32. The molecule has 35 heavy (non-hydrogen) atoms. The van der Waals surface area contributed by atoms with E-state index in [4.69, 9.17) is 14.2 Å². The highest BCUT2D eigenvalue weighted by molar-refractivity contribution is 6.15. The lowest BCUT2D eigenvalue weighted by Gasteiger charge is -2.34. The summed E-state index contributed by atoms with van der Waals surface area (Å²) in [6, 6.07) is 20.1. The molecule has 0 aliphatic carbocycles. The number of fused-ring (bicyclic) bond motifs is 4. The van der Waals surface area contributed by atoms with Gasteiger partial charge in [0.1, 0.15) is 24.0 Å². The number of aromatic nitrogens is 1. The van der Waals surface area contributed by atoms with Crippen LogP contribution in [0, 0.1) is 0 Å². The van der Waals surface area contributed by atoms with Crippen LogP contribution in [0.1, 0.15) is 40.0 Å². The monoisotopic (exact) mass is 466 g/mol. The van der Waals surface area contributed by atoms with Gasteiger partial charge in [0.2, 0.25) is 5.78 Å². The highest BCUT2D eigenvalue weighted by Crippen LogP contribution is 2.43. The summed E-state index contributed by atoms with van der Waals surface area (Å²) in [4.78, 5) is 15.6. The van der Waals surface area contributed by atoms with Crippen molar-refractivity contribution < 1.29 is 19.0 Å². The van der Waals surface area contributed by atoms with Gasteiger partial charge in [-0.15, -0.1) is 0 Å². The van der Waals surface area contributed by atoms with Crippen LogP contribution in [0.3, 0.4) is 0 Å². The fourth-order valence-electron chi connectivity index (χ4n) is 4.95. The minimum atomic E-state index is -0.115. The number of rotatable bonds is 4. The van der Waals surface area contributed by atoms with Gasteiger partial charge in [0.25, 0.3) is 0 Å². The number of benzene rings is 3. The van der Waals surface area contributed by atoms with E-state index in [1.54, 1.807) is 13.2 Å². The summed E-state index contributed by atoms with van der Waals surface area (Å²) in [7, 11) is 3.63. The van der Waals surface area contributed by atoms with Crippen molar-refractivity contribution in [3.05, 3.63) is 94.9 Å². The number of carbonyl (C=O) groups is 1. The normalized spacial score (nSPS) is 17.1. The number of hydrogen-bond donors (Lipinski definition) is 0. The molecular weight excluding hydrogens is 440 g/mol. The molecule has 0 radical (unpaired) electrons. The van der Waals surface area contributed by atoms with Gasteiger partial charge >= 0.3 is 0 Å². The Kier molecular flexibility index (Phi) is 5.11. The quantitative estimate of drug-likeness (QED) is 0.360. The molecule has 1 unspecified atom stereocenters. The van der Waals surface area contributed by atoms with Gasteiger partial charge in [-0.3, -0.25) is 9.69 Å². The first-order chi connectivity index (χ1) is 17.0. The van der Waals surface area contributed by atoms with Gasteiger partial charge in [-0.05, 0) is 48.9 Å². The van der Waals surface area contributed by atoms with Crippen LogP contribution < -0.4 is 14.2 Å². The number of Topliss-reactive ketones (excluding diaryl/α,β-unsaturated/α-hetero) is 1. The molecule has 2 aliphatic rings. The third-order valence-electron chi connectivity index (χ3n) is 6.99. The maximum atomic E-state index is 13.3. The van der Waals surface area contributed by atoms with Gasteiger partial charge in [-0.2, -0.15) is 0 Å². The summed E-state index contributed by atoms with van der Waals surface area (Å²) in [6.07, 6.45) is 3.82. The van der Waals surface area contributed by atoms with E-state index in [2.05, 4.69) is 24.0 Å². The van der Waals surface area contributed by atoms with Crippen LogP contribution in [-0.2, 0) is 13.6 Å². The second-order valence-electron chi connectivity index (χ2n) is 9.04. The predicted molar refractivity (Wildman–Crippen MR) is 135 cm³/mol. The lowest BCUT2D eigenvalue weighted by molar-refractivity contribution is 0.0606. The molecule has 1 atom stereocenters. The zero-order chi connectivity index (χ0) is 24.1. The maximum Gasteiger partial charge on any atom is 0.231 e. The van der Waals surface area contributed by atoms with Crippen molar-refractivity contribution in [3.8, 4) is 17.2 Å².